The van der Waals surface area contributed by atoms with E-state index in [1.807, 2.05) is 0 Å². The maximum absolute atomic E-state index is 12.3. The van der Waals surface area contributed by atoms with Crippen molar-refractivity contribution in [3.8, 4) is 0 Å². The van der Waals surface area contributed by atoms with Crippen LogP contribution in [0.15, 0.2) is 0 Å². The summed E-state index contributed by atoms with van der Waals surface area (Å²) in [7, 11) is 0. The third-order valence-corrected chi connectivity index (χ3v) is 4.95. The van der Waals surface area contributed by atoms with Gasteiger partial charge < -0.3 is 4.90 Å². The van der Waals surface area contributed by atoms with Gasteiger partial charge in [-0.3, -0.25) is 4.79 Å². The Balaban J connectivity index is 1.79. The quantitative estimate of drug-likeness (QED) is 0.796. The van der Waals surface area contributed by atoms with Gasteiger partial charge in [-0.2, -0.15) is 0 Å². The van der Waals surface area contributed by atoms with E-state index >= 15 is 0 Å². The van der Waals surface area contributed by atoms with Crippen molar-refractivity contribution in [2.75, 3.05) is 13.1 Å². The van der Waals surface area contributed by atoms with Crippen LogP contribution in [0.4, 0.5) is 0 Å². The third kappa shape index (κ3) is 3.54. The number of carbonyl (C=O) groups is 1. The number of Topliss-reactive ketones (excluding diaryl/α,β-unsaturated/α-hetero) is 1. The normalized spacial score (nSPS) is 38.9. The fourth-order valence-corrected chi connectivity index (χ4v) is 3.47. The van der Waals surface area contributed by atoms with Crippen LogP contribution in [-0.2, 0) is 4.79 Å². The van der Waals surface area contributed by atoms with E-state index in [0.717, 1.165) is 25.3 Å². The number of ketones is 1. The summed E-state index contributed by atoms with van der Waals surface area (Å²) >= 11 is 0. The standard InChI is InChI=1S/C15H27NO/c1-12-6-8-14(9-7-12)15(17)11-16-10-4-3-5-13(16)2/h12-14H,3-11H2,1-2H3/p+1. The zero-order valence-corrected chi connectivity index (χ0v) is 11.5. The van der Waals surface area contributed by atoms with Gasteiger partial charge in [0.05, 0.1) is 12.6 Å². The molecule has 2 heteroatoms. The molecule has 0 amide bonds. The van der Waals surface area contributed by atoms with Crippen LogP contribution in [0.25, 0.3) is 0 Å². The maximum atomic E-state index is 12.3. The van der Waals surface area contributed by atoms with E-state index in [-0.39, 0.29) is 0 Å². The molecule has 2 atom stereocenters. The zero-order valence-electron chi connectivity index (χ0n) is 11.5. The summed E-state index contributed by atoms with van der Waals surface area (Å²) < 4.78 is 0. The van der Waals surface area contributed by atoms with Crippen LogP contribution in [-0.4, -0.2) is 24.9 Å². The highest BCUT2D eigenvalue weighted by atomic mass is 16.1. The lowest BCUT2D eigenvalue weighted by Gasteiger charge is -2.32. The van der Waals surface area contributed by atoms with E-state index in [1.165, 1.54) is 38.6 Å². The molecule has 1 heterocycles. The van der Waals surface area contributed by atoms with Gasteiger partial charge >= 0.3 is 0 Å². The largest absolute Gasteiger partial charge is 0.327 e. The average Bonchev–Trinajstić information content (AvgIpc) is 2.33. The molecule has 2 unspecified atom stereocenters. The minimum absolute atomic E-state index is 0.396. The predicted octanol–water partition coefficient (Wildman–Crippen LogP) is 1.84. The molecule has 0 aromatic carbocycles. The molecule has 2 nitrogen and oxygen atoms in total. The van der Waals surface area contributed by atoms with E-state index in [9.17, 15) is 4.79 Å². The Labute approximate surface area is 106 Å². The van der Waals surface area contributed by atoms with E-state index in [4.69, 9.17) is 0 Å². The number of carbonyl (C=O) groups excluding carboxylic acids is 1. The Bertz CT molecular complexity index is 256. The van der Waals surface area contributed by atoms with Gasteiger partial charge in [0, 0.05) is 5.92 Å². The zero-order chi connectivity index (χ0) is 12.3. The van der Waals surface area contributed by atoms with E-state index < -0.39 is 0 Å². The molecule has 0 aromatic rings. The number of rotatable bonds is 3. The van der Waals surface area contributed by atoms with Crippen LogP contribution >= 0.6 is 0 Å². The van der Waals surface area contributed by atoms with Crippen LogP contribution in [0.1, 0.15) is 58.8 Å². The molecule has 1 aliphatic heterocycles. The van der Waals surface area contributed by atoms with Crippen molar-refractivity contribution in [1.82, 2.24) is 0 Å². The molecule has 0 spiro atoms. The van der Waals surface area contributed by atoms with Crippen molar-refractivity contribution in [3.63, 3.8) is 0 Å². The predicted molar refractivity (Wildman–Crippen MR) is 70.1 cm³/mol. The van der Waals surface area contributed by atoms with Crippen LogP contribution < -0.4 is 4.90 Å². The Morgan fingerprint density at radius 3 is 2.41 bits per heavy atom. The first kappa shape index (κ1) is 13.1. The molecule has 1 saturated heterocycles. The van der Waals surface area contributed by atoms with E-state index in [0.29, 0.717) is 17.7 Å². The fraction of sp³-hybridized carbons (Fsp3) is 0.933. The van der Waals surface area contributed by atoms with Gasteiger partial charge in [0.15, 0.2) is 5.78 Å². The van der Waals surface area contributed by atoms with Gasteiger partial charge in [-0.05, 0) is 44.9 Å². The Hall–Kier alpha value is -0.370. The molecule has 1 N–H and O–H groups in total. The van der Waals surface area contributed by atoms with E-state index in [1.54, 1.807) is 4.90 Å². The van der Waals surface area contributed by atoms with Crippen LogP contribution in [0.5, 0.6) is 0 Å². The molecular weight excluding hydrogens is 210 g/mol. The SMILES string of the molecule is CC1CCC(C(=O)C[NH+]2CCCCC2C)CC1. The minimum atomic E-state index is 0.396. The number of hydrogen-bond donors (Lipinski definition) is 1. The summed E-state index contributed by atoms with van der Waals surface area (Å²) in [5.74, 6) is 1.80. The first-order chi connectivity index (χ1) is 8.16. The first-order valence-corrected chi connectivity index (χ1v) is 7.54. The molecule has 98 valence electrons. The monoisotopic (exact) mass is 238 g/mol. The highest BCUT2D eigenvalue weighted by Gasteiger charge is 2.29. The van der Waals surface area contributed by atoms with Crippen LogP contribution in [0.2, 0.25) is 0 Å². The second-order valence-electron chi connectivity index (χ2n) is 6.40. The van der Waals surface area contributed by atoms with Crippen LogP contribution in [0, 0.1) is 11.8 Å². The summed E-state index contributed by atoms with van der Waals surface area (Å²) in [6, 6.07) is 0.704. The van der Waals surface area contributed by atoms with Gasteiger partial charge in [0.25, 0.3) is 0 Å². The molecule has 0 aromatic heterocycles. The topological polar surface area (TPSA) is 21.5 Å². The lowest BCUT2D eigenvalue weighted by molar-refractivity contribution is -0.921. The Morgan fingerprint density at radius 2 is 1.76 bits per heavy atom. The fourth-order valence-electron chi connectivity index (χ4n) is 3.47. The summed E-state index contributed by atoms with van der Waals surface area (Å²) in [6.45, 7) is 6.65. The number of nitrogens with one attached hydrogen (secondary N) is 1. The maximum Gasteiger partial charge on any atom is 0.189 e. The van der Waals surface area contributed by atoms with Crippen molar-refractivity contribution in [2.45, 2.75) is 64.8 Å². The average molecular weight is 238 g/mol. The summed E-state index contributed by atoms with van der Waals surface area (Å²) in [6.07, 6.45) is 8.82. The molecule has 0 radical (unpaired) electrons. The summed E-state index contributed by atoms with van der Waals surface area (Å²) in [5.41, 5.74) is 0. The third-order valence-electron chi connectivity index (χ3n) is 4.95. The highest BCUT2D eigenvalue weighted by Crippen LogP contribution is 2.28. The van der Waals surface area contributed by atoms with Crippen LogP contribution in [0.3, 0.4) is 0 Å². The van der Waals surface area contributed by atoms with Crippen molar-refractivity contribution in [2.24, 2.45) is 11.8 Å². The molecule has 1 saturated carbocycles. The van der Waals surface area contributed by atoms with Crippen molar-refractivity contribution >= 4 is 5.78 Å². The van der Waals surface area contributed by atoms with Gasteiger partial charge in [-0.15, -0.1) is 0 Å². The van der Waals surface area contributed by atoms with Crippen molar-refractivity contribution < 1.29 is 9.69 Å². The molecule has 1 aliphatic carbocycles. The first-order valence-electron chi connectivity index (χ1n) is 7.54. The lowest BCUT2D eigenvalue weighted by Crippen LogP contribution is -3.17. The molecular formula is C15H28NO+. The molecule has 0 bridgehead atoms. The Kier molecular flexibility index (Phi) is 4.61. The van der Waals surface area contributed by atoms with Crippen molar-refractivity contribution in [1.29, 1.82) is 0 Å². The van der Waals surface area contributed by atoms with Gasteiger partial charge in [-0.1, -0.05) is 19.8 Å². The van der Waals surface area contributed by atoms with Crippen molar-refractivity contribution in [3.05, 3.63) is 0 Å². The highest BCUT2D eigenvalue weighted by molar-refractivity contribution is 5.81. The molecule has 17 heavy (non-hydrogen) atoms. The smallest absolute Gasteiger partial charge is 0.189 e. The second-order valence-corrected chi connectivity index (χ2v) is 6.40. The summed E-state index contributed by atoms with van der Waals surface area (Å²) in [4.78, 5) is 13.9. The lowest BCUT2D eigenvalue weighted by atomic mass is 9.80. The number of hydrogen-bond acceptors (Lipinski definition) is 1. The van der Waals surface area contributed by atoms with Gasteiger partial charge in [-0.25, -0.2) is 0 Å². The second kappa shape index (κ2) is 5.99. The molecule has 2 rings (SSSR count). The number of quaternary nitrogens is 1. The van der Waals surface area contributed by atoms with Gasteiger partial charge in [0.2, 0.25) is 0 Å². The molecule has 2 aliphatic rings. The van der Waals surface area contributed by atoms with E-state index in [2.05, 4.69) is 13.8 Å². The molecule has 2 fully saturated rings. The minimum Gasteiger partial charge on any atom is -0.327 e. The Morgan fingerprint density at radius 1 is 1.06 bits per heavy atom. The van der Waals surface area contributed by atoms with Gasteiger partial charge in [0.1, 0.15) is 6.54 Å². The number of likely N-dealkylation sites (tertiary alicyclic amines) is 1. The number of piperidine rings is 1. The summed E-state index contributed by atoms with van der Waals surface area (Å²) in [5, 5.41) is 0.